The van der Waals surface area contributed by atoms with Crippen molar-refractivity contribution >= 4 is 36.8 Å². The standard InChI is InChI=1S/2C16H16OS/c17-16(12-18)11-15-8-4-7-14(10-15)9-13-5-2-1-3-6-13;17-16(12-18)11-15-8-6-14(7-9-15)10-13-4-2-1-3-5-13/h1-8,10,18H,9,11-12H2;1-9,18H,10-12H2. The second-order valence-corrected chi connectivity index (χ2v) is 9.34. The van der Waals surface area contributed by atoms with E-state index >= 15 is 0 Å². The molecule has 0 amide bonds. The summed E-state index contributed by atoms with van der Waals surface area (Å²) in [5.74, 6) is 0.943. The Kier molecular flexibility index (Phi) is 11.6. The van der Waals surface area contributed by atoms with Gasteiger partial charge in [0.05, 0.1) is 0 Å². The Morgan fingerprint density at radius 2 is 0.833 bits per heavy atom. The maximum absolute atomic E-state index is 11.4. The summed E-state index contributed by atoms with van der Waals surface area (Å²) in [7, 11) is 0. The summed E-state index contributed by atoms with van der Waals surface area (Å²) in [4.78, 5) is 22.7. The van der Waals surface area contributed by atoms with Crippen LogP contribution in [0.15, 0.2) is 109 Å². The molecule has 0 fully saturated rings. The summed E-state index contributed by atoms with van der Waals surface area (Å²) in [6, 6.07) is 37.2. The predicted octanol–water partition coefficient (Wildman–Crippen LogP) is 6.64. The van der Waals surface area contributed by atoms with Crippen LogP contribution in [0.5, 0.6) is 0 Å². The van der Waals surface area contributed by atoms with E-state index in [0.29, 0.717) is 24.3 Å². The maximum Gasteiger partial charge on any atom is 0.146 e. The summed E-state index contributed by atoms with van der Waals surface area (Å²) in [6.07, 6.45) is 2.80. The van der Waals surface area contributed by atoms with Crippen LogP contribution >= 0.6 is 25.3 Å². The first-order valence-corrected chi connectivity index (χ1v) is 13.3. The van der Waals surface area contributed by atoms with Crippen LogP contribution in [0.4, 0.5) is 0 Å². The van der Waals surface area contributed by atoms with Crippen LogP contribution in [-0.2, 0) is 35.3 Å². The Hall–Kier alpha value is -3.08. The molecule has 0 saturated carbocycles. The van der Waals surface area contributed by atoms with Gasteiger partial charge in [-0.05, 0) is 46.2 Å². The molecule has 0 N–H and O–H groups in total. The van der Waals surface area contributed by atoms with E-state index in [0.717, 1.165) is 24.0 Å². The average molecular weight is 513 g/mol. The van der Waals surface area contributed by atoms with E-state index < -0.39 is 0 Å². The summed E-state index contributed by atoms with van der Waals surface area (Å²) in [6.45, 7) is 0. The van der Waals surface area contributed by atoms with Gasteiger partial charge >= 0.3 is 0 Å². The fraction of sp³-hybridized carbons (Fsp3) is 0.188. The lowest BCUT2D eigenvalue weighted by molar-refractivity contribution is -0.116. The van der Waals surface area contributed by atoms with Gasteiger partial charge < -0.3 is 0 Å². The van der Waals surface area contributed by atoms with Crippen LogP contribution in [0.1, 0.15) is 33.4 Å². The van der Waals surface area contributed by atoms with Gasteiger partial charge in [-0.15, -0.1) is 0 Å². The van der Waals surface area contributed by atoms with Crippen molar-refractivity contribution in [3.8, 4) is 0 Å². The number of hydrogen-bond acceptors (Lipinski definition) is 4. The number of thiol groups is 2. The Bertz CT molecular complexity index is 1220. The van der Waals surface area contributed by atoms with Crippen LogP contribution < -0.4 is 0 Å². The van der Waals surface area contributed by atoms with Gasteiger partial charge in [-0.1, -0.05) is 109 Å². The molecule has 0 heterocycles. The van der Waals surface area contributed by atoms with Gasteiger partial charge in [-0.25, -0.2) is 0 Å². The van der Waals surface area contributed by atoms with E-state index in [1.165, 1.54) is 22.3 Å². The van der Waals surface area contributed by atoms with E-state index in [1.807, 2.05) is 48.5 Å². The molecule has 0 aliphatic heterocycles. The van der Waals surface area contributed by atoms with Crippen molar-refractivity contribution in [3.63, 3.8) is 0 Å². The normalized spacial score (nSPS) is 10.3. The van der Waals surface area contributed by atoms with Gasteiger partial charge in [0.2, 0.25) is 0 Å². The highest BCUT2D eigenvalue weighted by Gasteiger charge is 2.03. The van der Waals surface area contributed by atoms with Crippen LogP contribution in [0.3, 0.4) is 0 Å². The minimum atomic E-state index is 0.161. The molecular weight excluding hydrogens is 480 g/mol. The van der Waals surface area contributed by atoms with E-state index in [1.54, 1.807) is 0 Å². The van der Waals surface area contributed by atoms with Crippen LogP contribution in [0, 0.1) is 0 Å². The number of Topliss-reactive ketones (excluding diaryl/α,β-unsaturated/α-hetero) is 2. The molecular formula is C32H32O2S2. The largest absolute Gasteiger partial charge is 0.298 e. The Balaban J connectivity index is 0.000000201. The van der Waals surface area contributed by atoms with Crippen molar-refractivity contribution in [1.82, 2.24) is 0 Å². The molecule has 0 spiro atoms. The first-order chi connectivity index (χ1) is 17.6. The molecule has 4 aromatic carbocycles. The Labute approximate surface area is 225 Å². The second kappa shape index (κ2) is 15.1. The number of carbonyl (C=O) groups is 2. The molecule has 0 saturated heterocycles. The number of hydrogen-bond donors (Lipinski definition) is 2. The van der Waals surface area contributed by atoms with Gasteiger partial charge in [0.15, 0.2) is 0 Å². The van der Waals surface area contributed by atoms with E-state index in [-0.39, 0.29) is 11.6 Å². The Morgan fingerprint density at radius 3 is 1.36 bits per heavy atom. The number of rotatable bonds is 10. The minimum Gasteiger partial charge on any atom is -0.298 e. The zero-order valence-electron chi connectivity index (χ0n) is 20.3. The van der Waals surface area contributed by atoms with Gasteiger partial charge in [0.1, 0.15) is 11.6 Å². The van der Waals surface area contributed by atoms with Crippen LogP contribution in [0.2, 0.25) is 0 Å². The lowest BCUT2D eigenvalue weighted by Gasteiger charge is -2.05. The second-order valence-electron chi connectivity index (χ2n) is 8.71. The molecule has 0 aromatic heterocycles. The summed E-state index contributed by atoms with van der Waals surface area (Å²) in [5.41, 5.74) is 7.23. The molecule has 184 valence electrons. The van der Waals surface area contributed by atoms with Crippen molar-refractivity contribution < 1.29 is 9.59 Å². The third kappa shape index (κ3) is 9.88. The number of ketones is 2. The molecule has 36 heavy (non-hydrogen) atoms. The maximum atomic E-state index is 11.4. The molecule has 0 atom stereocenters. The lowest BCUT2D eigenvalue weighted by atomic mass is 10.0. The first kappa shape index (κ1) is 27.5. The fourth-order valence-corrected chi connectivity index (χ4v) is 4.08. The average Bonchev–Trinajstić information content (AvgIpc) is 2.91. The third-order valence-corrected chi connectivity index (χ3v) is 6.38. The monoisotopic (exact) mass is 512 g/mol. The summed E-state index contributed by atoms with van der Waals surface area (Å²) in [5, 5.41) is 0. The predicted molar refractivity (Wildman–Crippen MR) is 157 cm³/mol. The Morgan fingerprint density at radius 1 is 0.444 bits per heavy atom. The summed E-state index contributed by atoms with van der Waals surface area (Å²) >= 11 is 7.98. The number of benzene rings is 4. The SMILES string of the molecule is O=C(CS)Cc1ccc(Cc2ccccc2)cc1.O=C(CS)Cc1cccc(Cc2ccccc2)c1. The molecule has 4 aromatic rings. The van der Waals surface area contributed by atoms with Gasteiger partial charge in [-0.3, -0.25) is 9.59 Å². The molecule has 0 aliphatic carbocycles. The van der Waals surface area contributed by atoms with Crippen molar-refractivity contribution in [2.75, 3.05) is 11.5 Å². The van der Waals surface area contributed by atoms with Gasteiger partial charge in [-0.2, -0.15) is 25.3 Å². The van der Waals surface area contributed by atoms with Crippen molar-refractivity contribution in [3.05, 3.63) is 143 Å². The third-order valence-electron chi connectivity index (χ3n) is 5.67. The molecule has 4 rings (SSSR count). The highest BCUT2D eigenvalue weighted by atomic mass is 32.1. The van der Waals surface area contributed by atoms with E-state index in [9.17, 15) is 9.59 Å². The van der Waals surface area contributed by atoms with Gasteiger partial charge in [0, 0.05) is 24.3 Å². The van der Waals surface area contributed by atoms with Crippen LogP contribution in [0.25, 0.3) is 0 Å². The van der Waals surface area contributed by atoms with Crippen molar-refractivity contribution in [2.45, 2.75) is 25.7 Å². The van der Waals surface area contributed by atoms with Crippen molar-refractivity contribution in [2.24, 2.45) is 0 Å². The minimum absolute atomic E-state index is 0.161. The topological polar surface area (TPSA) is 34.1 Å². The fourth-order valence-electron chi connectivity index (χ4n) is 3.85. The molecule has 0 bridgehead atoms. The molecule has 0 radical (unpaired) electrons. The zero-order chi connectivity index (χ0) is 25.6. The smallest absolute Gasteiger partial charge is 0.146 e. The molecule has 4 heteroatoms. The molecule has 2 nitrogen and oxygen atoms in total. The quantitative estimate of drug-likeness (QED) is 0.234. The summed E-state index contributed by atoms with van der Waals surface area (Å²) < 4.78 is 0. The highest BCUT2D eigenvalue weighted by Crippen LogP contribution is 2.13. The first-order valence-electron chi connectivity index (χ1n) is 12.0. The van der Waals surface area contributed by atoms with Crippen molar-refractivity contribution in [1.29, 1.82) is 0 Å². The highest BCUT2D eigenvalue weighted by molar-refractivity contribution is 7.81. The van der Waals surface area contributed by atoms with Gasteiger partial charge in [0.25, 0.3) is 0 Å². The van der Waals surface area contributed by atoms with E-state index in [2.05, 4.69) is 85.9 Å². The van der Waals surface area contributed by atoms with Crippen LogP contribution in [-0.4, -0.2) is 23.1 Å². The van der Waals surface area contributed by atoms with E-state index in [4.69, 9.17) is 0 Å². The molecule has 0 aliphatic rings. The lowest BCUT2D eigenvalue weighted by Crippen LogP contribution is -2.04. The molecule has 0 unspecified atom stereocenters. The zero-order valence-corrected chi connectivity index (χ0v) is 22.1. The number of carbonyl (C=O) groups excluding carboxylic acids is 2.